The normalized spacial score (nSPS) is 32.1. The van der Waals surface area contributed by atoms with Crippen molar-refractivity contribution in [2.45, 2.75) is 51.4 Å². The van der Waals surface area contributed by atoms with Gasteiger partial charge >= 0.3 is 0 Å². The van der Waals surface area contributed by atoms with Gasteiger partial charge in [-0.25, -0.2) is 0 Å². The van der Waals surface area contributed by atoms with Crippen LogP contribution in [0, 0.1) is 5.41 Å². The Morgan fingerprint density at radius 1 is 0.952 bits per heavy atom. The Kier molecular flexibility index (Phi) is 5.17. The van der Waals surface area contributed by atoms with Crippen molar-refractivity contribution in [1.29, 1.82) is 0 Å². The minimum atomic E-state index is 0.376. The van der Waals surface area contributed by atoms with Crippen molar-refractivity contribution < 1.29 is 4.79 Å². The van der Waals surface area contributed by atoms with Crippen molar-refractivity contribution in [2.24, 2.45) is 5.41 Å². The van der Waals surface area contributed by atoms with E-state index in [-0.39, 0.29) is 0 Å². The van der Waals surface area contributed by atoms with E-state index in [1.807, 2.05) is 0 Å². The molecule has 0 aromatic carbocycles. The average Bonchev–Trinajstić information content (AvgIpc) is 2.89. The van der Waals surface area contributed by atoms with Crippen LogP contribution in [0.3, 0.4) is 0 Å². The average molecular weight is 293 g/mol. The summed E-state index contributed by atoms with van der Waals surface area (Å²) in [4.78, 5) is 17.2. The molecular weight excluding hydrogens is 262 g/mol. The van der Waals surface area contributed by atoms with Crippen LogP contribution in [-0.4, -0.2) is 61.5 Å². The minimum Gasteiger partial charge on any atom is -0.341 e. The molecule has 3 saturated heterocycles. The maximum atomic E-state index is 12.7. The lowest BCUT2D eigenvalue weighted by molar-refractivity contribution is -0.135. The van der Waals surface area contributed by atoms with E-state index >= 15 is 0 Å². The second-order valence-electron chi connectivity index (χ2n) is 7.39. The maximum absolute atomic E-state index is 12.7. The third kappa shape index (κ3) is 3.98. The zero-order chi connectivity index (χ0) is 14.5. The van der Waals surface area contributed by atoms with Crippen LogP contribution < -0.4 is 5.32 Å². The second kappa shape index (κ2) is 7.10. The van der Waals surface area contributed by atoms with Gasteiger partial charge in [0.1, 0.15) is 0 Å². The number of carbonyl (C=O) groups excluding carboxylic acids is 1. The van der Waals surface area contributed by atoms with Gasteiger partial charge in [0.2, 0.25) is 5.91 Å². The number of nitrogens with one attached hydrogen (secondary N) is 1. The van der Waals surface area contributed by atoms with Crippen LogP contribution in [0.4, 0.5) is 0 Å². The van der Waals surface area contributed by atoms with Crippen LogP contribution in [0.5, 0.6) is 0 Å². The van der Waals surface area contributed by atoms with Crippen LogP contribution >= 0.6 is 0 Å². The van der Waals surface area contributed by atoms with Crippen molar-refractivity contribution in [3.05, 3.63) is 0 Å². The summed E-state index contributed by atoms with van der Waals surface area (Å²) in [6, 6.07) is 0. The molecule has 1 unspecified atom stereocenters. The monoisotopic (exact) mass is 293 g/mol. The van der Waals surface area contributed by atoms with Gasteiger partial charge in [-0.05, 0) is 51.7 Å². The summed E-state index contributed by atoms with van der Waals surface area (Å²) < 4.78 is 0. The van der Waals surface area contributed by atoms with Crippen molar-refractivity contribution in [3.8, 4) is 0 Å². The second-order valence-corrected chi connectivity index (χ2v) is 7.39. The van der Waals surface area contributed by atoms with Crippen molar-refractivity contribution in [1.82, 2.24) is 15.1 Å². The maximum Gasteiger partial charge on any atom is 0.236 e. The first-order chi connectivity index (χ1) is 10.3. The number of hydrogen-bond acceptors (Lipinski definition) is 3. The highest BCUT2D eigenvalue weighted by molar-refractivity contribution is 5.78. The van der Waals surface area contributed by atoms with E-state index in [9.17, 15) is 4.79 Å². The number of amides is 1. The van der Waals surface area contributed by atoms with Crippen LogP contribution in [-0.2, 0) is 4.79 Å². The Hall–Kier alpha value is -0.610. The van der Waals surface area contributed by atoms with Crippen molar-refractivity contribution >= 4 is 5.91 Å². The summed E-state index contributed by atoms with van der Waals surface area (Å²) >= 11 is 0. The molecule has 0 radical (unpaired) electrons. The largest absolute Gasteiger partial charge is 0.341 e. The molecule has 21 heavy (non-hydrogen) atoms. The first-order valence-corrected chi connectivity index (χ1v) is 8.98. The molecule has 3 aliphatic rings. The number of piperidine rings is 1. The van der Waals surface area contributed by atoms with E-state index in [0.717, 1.165) is 39.3 Å². The fraction of sp³-hybridized carbons (Fsp3) is 0.941. The number of carbonyl (C=O) groups is 1. The quantitative estimate of drug-likeness (QED) is 0.844. The Balaban J connectivity index is 1.51. The molecule has 1 amide bonds. The highest BCUT2D eigenvalue weighted by Gasteiger charge is 2.39. The molecule has 120 valence electrons. The van der Waals surface area contributed by atoms with Gasteiger partial charge in [0.25, 0.3) is 0 Å². The van der Waals surface area contributed by atoms with Crippen molar-refractivity contribution in [2.75, 3.05) is 45.8 Å². The van der Waals surface area contributed by atoms with Gasteiger partial charge in [-0.15, -0.1) is 0 Å². The van der Waals surface area contributed by atoms with E-state index in [0.29, 0.717) is 17.9 Å². The van der Waals surface area contributed by atoms with Gasteiger partial charge < -0.3 is 10.2 Å². The number of likely N-dealkylation sites (tertiary alicyclic amines) is 2. The third-order valence-electron chi connectivity index (χ3n) is 5.65. The molecule has 0 aromatic rings. The van der Waals surface area contributed by atoms with Crippen LogP contribution in [0.2, 0.25) is 0 Å². The molecular formula is C17H31N3O. The summed E-state index contributed by atoms with van der Waals surface area (Å²) in [6.07, 6.45) is 10.3. The number of hydrogen-bond donors (Lipinski definition) is 1. The Morgan fingerprint density at radius 2 is 1.71 bits per heavy atom. The van der Waals surface area contributed by atoms with Gasteiger partial charge in [-0.2, -0.15) is 0 Å². The number of rotatable bonds is 2. The predicted molar refractivity (Wildman–Crippen MR) is 85.3 cm³/mol. The fourth-order valence-corrected chi connectivity index (χ4v) is 4.33. The van der Waals surface area contributed by atoms with Gasteiger partial charge in [-0.1, -0.05) is 19.3 Å². The van der Waals surface area contributed by atoms with E-state index in [1.54, 1.807) is 0 Å². The highest BCUT2D eigenvalue weighted by atomic mass is 16.2. The molecule has 3 rings (SSSR count). The predicted octanol–water partition coefficient (Wildman–Crippen LogP) is 1.85. The summed E-state index contributed by atoms with van der Waals surface area (Å²) in [7, 11) is 0. The molecule has 3 heterocycles. The molecule has 1 atom stereocenters. The van der Waals surface area contributed by atoms with Gasteiger partial charge in [0.15, 0.2) is 0 Å². The molecule has 4 nitrogen and oxygen atoms in total. The standard InChI is InChI=1S/C17H31N3O/c21-16(13-19-10-4-2-1-3-5-11-19)20-12-6-7-17(15-20)8-9-18-14-17/h18H,1-15H2. The van der Waals surface area contributed by atoms with Gasteiger partial charge in [-0.3, -0.25) is 9.69 Å². The van der Waals surface area contributed by atoms with Crippen LogP contribution in [0.25, 0.3) is 0 Å². The molecule has 0 bridgehead atoms. The molecule has 3 fully saturated rings. The summed E-state index contributed by atoms with van der Waals surface area (Å²) in [5, 5.41) is 3.49. The summed E-state index contributed by atoms with van der Waals surface area (Å²) in [5.41, 5.74) is 0.393. The Morgan fingerprint density at radius 3 is 2.43 bits per heavy atom. The summed E-state index contributed by atoms with van der Waals surface area (Å²) in [5.74, 6) is 0.376. The number of nitrogens with zero attached hydrogens (tertiary/aromatic N) is 2. The zero-order valence-electron chi connectivity index (χ0n) is 13.4. The SMILES string of the molecule is O=C(CN1CCCCCCC1)N1CCCC2(CCNC2)C1. The molecule has 3 aliphatic heterocycles. The lowest BCUT2D eigenvalue weighted by Gasteiger charge is -2.40. The molecule has 1 spiro atoms. The molecule has 0 saturated carbocycles. The topological polar surface area (TPSA) is 35.6 Å². The van der Waals surface area contributed by atoms with Crippen LogP contribution in [0.15, 0.2) is 0 Å². The molecule has 1 N–H and O–H groups in total. The Labute approximate surface area is 129 Å². The smallest absolute Gasteiger partial charge is 0.236 e. The van der Waals surface area contributed by atoms with E-state index in [4.69, 9.17) is 0 Å². The highest BCUT2D eigenvalue weighted by Crippen LogP contribution is 2.35. The summed E-state index contributed by atoms with van der Waals surface area (Å²) in [6.45, 7) is 7.11. The lowest BCUT2D eigenvalue weighted by Crippen LogP contribution is -2.50. The van der Waals surface area contributed by atoms with Crippen LogP contribution in [0.1, 0.15) is 51.4 Å². The molecule has 4 heteroatoms. The van der Waals surface area contributed by atoms with Crippen molar-refractivity contribution in [3.63, 3.8) is 0 Å². The molecule has 0 aliphatic carbocycles. The first-order valence-electron chi connectivity index (χ1n) is 8.98. The Bertz CT molecular complexity index is 344. The fourth-order valence-electron chi connectivity index (χ4n) is 4.33. The lowest BCUT2D eigenvalue weighted by atomic mass is 9.79. The minimum absolute atomic E-state index is 0.376. The van der Waals surface area contributed by atoms with E-state index < -0.39 is 0 Å². The first kappa shape index (κ1) is 15.3. The zero-order valence-corrected chi connectivity index (χ0v) is 13.4. The third-order valence-corrected chi connectivity index (χ3v) is 5.65. The van der Waals surface area contributed by atoms with Gasteiger partial charge in [0.05, 0.1) is 6.54 Å². The molecule has 0 aromatic heterocycles. The van der Waals surface area contributed by atoms with Gasteiger partial charge in [0, 0.05) is 25.0 Å². The van der Waals surface area contributed by atoms with E-state index in [1.165, 1.54) is 51.4 Å². The van der Waals surface area contributed by atoms with E-state index in [2.05, 4.69) is 15.1 Å².